The summed E-state index contributed by atoms with van der Waals surface area (Å²) in [6.07, 6.45) is 5.40. The van der Waals surface area contributed by atoms with Gasteiger partial charge in [0, 0.05) is 32.0 Å². The lowest BCUT2D eigenvalue weighted by atomic mass is 10.1. The maximum Gasteiger partial charge on any atom is 0.407 e. The number of likely N-dealkylation sites (tertiary alicyclic amines) is 1. The van der Waals surface area contributed by atoms with Gasteiger partial charge in [-0.15, -0.1) is 12.3 Å². The Labute approximate surface area is 143 Å². The van der Waals surface area contributed by atoms with Crippen LogP contribution in [0.25, 0.3) is 0 Å². The first kappa shape index (κ1) is 17.9. The smallest absolute Gasteiger partial charge is 0.407 e. The molecule has 0 radical (unpaired) electrons. The predicted molar refractivity (Wildman–Crippen MR) is 91.9 cm³/mol. The van der Waals surface area contributed by atoms with E-state index in [1.54, 1.807) is 4.90 Å². The first-order valence-electron chi connectivity index (χ1n) is 8.05. The zero-order valence-corrected chi connectivity index (χ0v) is 14.5. The number of terminal acetylenes is 1. The van der Waals surface area contributed by atoms with Crippen LogP contribution in [0.5, 0.6) is 0 Å². The molecule has 1 aromatic rings. The van der Waals surface area contributed by atoms with Crippen LogP contribution < -0.4 is 5.32 Å². The molecule has 0 bridgehead atoms. The van der Waals surface area contributed by atoms with Crippen molar-refractivity contribution in [3.63, 3.8) is 0 Å². The molecule has 0 aliphatic carbocycles. The maximum absolute atomic E-state index is 11.9. The van der Waals surface area contributed by atoms with Crippen molar-refractivity contribution in [2.45, 2.75) is 45.9 Å². The average molecular weight is 328 g/mol. The molecule has 1 aromatic carbocycles. The number of alkyl carbamates (subject to hydrolysis) is 1. The van der Waals surface area contributed by atoms with Crippen molar-refractivity contribution < 1.29 is 14.3 Å². The molecule has 0 aromatic heterocycles. The Balaban J connectivity index is 1.84. The van der Waals surface area contributed by atoms with Crippen molar-refractivity contribution in [2.24, 2.45) is 5.92 Å². The Hall–Kier alpha value is -2.48. The molecule has 1 aliphatic heterocycles. The van der Waals surface area contributed by atoms with Gasteiger partial charge in [-0.05, 0) is 31.9 Å². The van der Waals surface area contributed by atoms with Crippen LogP contribution in [-0.2, 0) is 22.6 Å². The van der Waals surface area contributed by atoms with Gasteiger partial charge in [0.15, 0.2) is 0 Å². The van der Waals surface area contributed by atoms with E-state index in [-0.39, 0.29) is 11.8 Å². The quantitative estimate of drug-likeness (QED) is 0.865. The van der Waals surface area contributed by atoms with Gasteiger partial charge in [-0.25, -0.2) is 4.79 Å². The van der Waals surface area contributed by atoms with Gasteiger partial charge in [0.05, 0.1) is 0 Å². The van der Waals surface area contributed by atoms with Gasteiger partial charge in [0.2, 0.25) is 5.91 Å². The van der Waals surface area contributed by atoms with E-state index < -0.39 is 11.7 Å². The molecule has 128 valence electrons. The lowest BCUT2D eigenvalue weighted by Crippen LogP contribution is -2.32. The summed E-state index contributed by atoms with van der Waals surface area (Å²) in [6, 6.07) is 7.79. The molecule has 1 saturated heterocycles. The third-order valence-electron chi connectivity index (χ3n) is 3.68. The molecular weight excluding hydrogens is 304 g/mol. The van der Waals surface area contributed by atoms with E-state index in [0.717, 1.165) is 11.1 Å². The van der Waals surface area contributed by atoms with Crippen LogP contribution in [-0.4, -0.2) is 29.0 Å². The number of hydrogen-bond acceptors (Lipinski definition) is 3. The minimum absolute atomic E-state index is 0.0230. The summed E-state index contributed by atoms with van der Waals surface area (Å²) in [5.41, 5.74) is 1.51. The molecule has 0 saturated carbocycles. The predicted octanol–water partition coefficient (Wildman–Crippen LogP) is 2.69. The van der Waals surface area contributed by atoms with E-state index in [1.165, 1.54) is 0 Å². The van der Waals surface area contributed by atoms with Crippen LogP contribution >= 0.6 is 0 Å². The van der Waals surface area contributed by atoms with E-state index in [1.807, 2.05) is 45.0 Å². The second kappa shape index (κ2) is 7.39. The number of benzene rings is 1. The Morgan fingerprint density at radius 3 is 2.50 bits per heavy atom. The second-order valence-corrected chi connectivity index (χ2v) is 7.01. The molecule has 5 nitrogen and oxygen atoms in total. The van der Waals surface area contributed by atoms with Gasteiger partial charge in [0.25, 0.3) is 0 Å². The Morgan fingerprint density at radius 2 is 1.96 bits per heavy atom. The lowest BCUT2D eigenvalue weighted by molar-refractivity contribution is -0.128. The number of amides is 2. The first-order valence-corrected chi connectivity index (χ1v) is 8.05. The van der Waals surface area contributed by atoms with Crippen LogP contribution in [0.4, 0.5) is 4.79 Å². The van der Waals surface area contributed by atoms with Crippen molar-refractivity contribution in [3.05, 3.63) is 35.4 Å². The summed E-state index contributed by atoms with van der Waals surface area (Å²) in [5.74, 6) is 2.78. The third kappa shape index (κ3) is 5.31. The monoisotopic (exact) mass is 328 g/mol. The Morgan fingerprint density at radius 1 is 1.33 bits per heavy atom. The molecule has 1 aliphatic rings. The van der Waals surface area contributed by atoms with Gasteiger partial charge in [-0.3, -0.25) is 4.79 Å². The number of carbonyl (C=O) groups is 2. The first-order chi connectivity index (χ1) is 11.3. The molecular formula is C19H24N2O3. The van der Waals surface area contributed by atoms with Crippen LogP contribution in [0.3, 0.4) is 0 Å². The number of ether oxygens (including phenoxy) is 1. The molecule has 2 rings (SSSR count). The molecule has 1 fully saturated rings. The van der Waals surface area contributed by atoms with E-state index >= 15 is 0 Å². The van der Waals surface area contributed by atoms with E-state index in [2.05, 4.69) is 11.2 Å². The SMILES string of the molecule is C#CC1CC(=O)N(Cc2ccc(CNC(=O)OC(C)(C)C)cc2)C1. The van der Waals surface area contributed by atoms with Crippen LogP contribution in [0.1, 0.15) is 38.3 Å². The number of nitrogens with one attached hydrogen (secondary N) is 1. The van der Waals surface area contributed by atoms with Crippen LogP contribution in [0.15, 0.2) is 24.3 Å². The van der Waals surface area contributed by atoms with Crippen molar-refractivity contribution in [3.8, 4) is 12.3 Å². The van der Waals surface area contributed by atoms with Crippen LogP contribution in [0, 0.1) is 18.3 Å². The normalized spacial score (nSPS) is 17.5. The molecule has 1 unspecified atom stereocenters. The highest BCUT2D eigenvalue weighted by Gasteiger charge is 2.27. The fourth-order valence-electron chi connectivity index (χ4n) is 2.51. The molecule has 1 atom stereocenters. The van der Waals surface area contributed by atoms with Gasteiger partial charge in [-0.1, -0.05) is 24.3 Å². The van der Waals surface area contributed by atoms with Crippen molar-refractivity contribution in [2.75, 3.05) is 6.54 Å². The fraction of sp³-hybridized carbons (Fsp3) is 0.474. The average Bonchev–Trinajstić information content (AvgIpc) is 2.85. The van der Waals surface area contributed by atoms with Crippen LogP contribution in [0.2, 0.25) is 0 Å². The molecule has 24 heavy (non-hydrogen) atoms. The molecule has 0 spiro atoms. The number of carbonyl (C=O) groups excluding carboxylic acids is 2. The summed E-state index contributed by atoms with van der Waals surface area (Å²) in [5, 5.41) is 2.72. The summed E-state index contributed by atoms with van der Waals surface area (Å²) >= 11 is 0. The molecule has 5 heteroatoms. The highest BCUT2D eigenvalue weighted by Crippen LogP contribution is 2.19. The summed E-state index contributed by atoms with van der Waals surface area (Å²) < 4.78 is 5.19. The number of rotatable bonds is 4. The van der Waals surface area contributed by atoms with Crippen molar-refractivity contribution in [1.82, 2.24) is 10.2 Å². The van der Waals surface area contributed by atoms with Gasteiger partial charge >= 0.3 is 6.09 Å². The fourth-order valence-corrected chi connectivity index (χ4v) is 2.51. The van der Waals surface area contributed by atoms with Gasteiger partial charge in [-0.2, -0.15) is 0 Å². The highest BCUT2D eigenvalue weighted by molar-refractivity contribution is 5.79. The van der Waals surface area contributed by atoms with Crippen molar-refractivity contribution >= 4 is 12.0 Å². The highest BCUT2D eigenvalue weighted by atomic mass is 16.6. The summed E-state index contributed by atoms with van der Waals surface area (Å²) in [6.45, 7) is 7.06. The third-order valence-corrected chi connectivity index (χ3v) is 3.68. The lowest BCUT2D eigenvalue weighted by Gasteiger charge is -2.19. The Bertz CT molecular complexity index is 638. The minimum atomic E-state index is -0.507. The topological polar surface area (TPSA) is 58.6 Å². The summed E-state index contributed by atoms with van der Waals surface area (Å²) in [7, 11) is 0. The molecule has 1 heterocycles. The van der Waals surface area contributed by atoms with Gasteiger partial charge in [0.1, 0.15) is 5.60 Å². The van der Waals surface area contributed by atoms with E-state index in [9.17, 15) is 9.59 Å². The van der Waals surface area contributed by atoms with Crippen molar-refractivity contribution in [1.29, 1.82) is 0 Å². The minimum Gasteiger partial charge on any atom is -0.444 e. The van der Waals surface area contributed by atoms with E-state index in [4.69, 9.17) is 11.2 Å². The number of hydrogen-bond donors (Lipinski definition) is 1. The molecule has 2 amide bonds. The molecule has 1 N–H and O–H groups in total. The van der Waals surface area contributed by atoms with Gasteiger partial charge < -0.3 is 15.0 Å². The Kier molecular flexibility index (Phi) is 5.50. The summed E-state index contributed by atoms with van der Waals surface area (Å²) in [4.78, 5) is 25.3. The number of nitrogens with zero attached hydrogens (tertiary/aromatic N) is 1. The zero-order valence-electron chi connectivity index (χ0n) is 14.5. The zero-order chi connectivity index (χ0) is 17.7. The standard InChI is InChI=1S/C19H24N2O3/c1-5-14-10-17(22)21(12-14)13-16-8-6-15(7-9-16)11-20-18(23)24-19(2,3)4/h1,6-9,14H,10-13H2,2-4H3,(H,20,23). The maximum atomic E-state index is 11.9. The van der Waals surface area contributed by atoms with E-state index in [0.29, 0.717) is 26.1 Å². The second-order valence-electron chi connectivity index (χ2n) is 7.01. The largest absolute Gasteiger partial charge is 0.444 e.